The number of carbonyl (C=O) groups is 1. The van der Waals surface area contributed by atoms with Gasteiger partial charge in [-0.2, -0.15) is 4.37 Å². The minimum atomic E-state index is -0.133. The zero-order valence-electron chi connectivity index (χ0n) is 16.6. The van der Waals surface area contributed by atoms with Crippen LogP contribution < -0.4 is 4.90 Å². The second kappa shape index (κ2) is 8.36. The van der Waals surface area contributed by atoms with Gasteiger partial charge in [-0.3, -0.25) is 4.79 Å². The lowest BCUT2D eigenvalue weighted by molar-refractivity contribution is -0.133. The molecule has 3 heterocycles. The summed E-state index contributed by atoms with van der Waals surface area (Å²) in [6, 6.07) is 16.1. The summed E-state index contributed by atoms with van der Waals surface area (Å²) >= 11 is 7.36. The molecule has 0 aliphatic carbocycles. The van der Waals surface area contributed by atoms with E-state index < -0.39 is 0 Å². The molecule has 1 amide bonds. The molecule has 0 saturated carbocycles. The van der Waals surface area contributed by atoms with Crippen LogP contribution in [0.1, 0.15) is 35.4 Å². The number of anilines is 1. The smallest absolute Gasteiger partial charge is 0.245 e. The van der Waals surface area contributed by atoms with Gasteiger partial charge < -0.3 is 9.80 Å². The highest BCUT2D eigenvalue weighted by Crippen LogP contribution is 2.30. The monoisotopic (exact) mass is 438 g/mol. The minimum Gasteiger partial charge on any atom is -0.336 e. The lowest BCUT2D eigenvalue weighted by Crippen LogP contribution is -2.47. The molecule has 1 fully saturated rings. The Kier molecular flexibility index (Phi) is 5.44. The molecule has 30 heavy (non-hydrogen) atoms. The highest BCUT2D eigenvalue weighted by atomic mass is 35.5. The fraction of sp³-hybridized carbons (Fsp3) is 0.348. The van der Waals surface area contributed by atoms with Crippen LogP contribution in [0.2, 0.25) is 5.02 Å². The summed E-state index contributed by atoms with van der Waals surface area (Å²) in [5.74, 6) is 1.01. The first-order chi connectivity index (χ1) is 14.7. The molecule has 1 saturated heterocycles. The summed E-state index contributed by atoms with van der Waals surface area (Å²) in [4.78, 5) is 22.3. The SMILES string of the molecule is O=C(C1CCCN1c1nc(Cc2ccc(Cl)cc2)ns1)N1CCc2ccccc2C1. The van der Waals surface area contributed by atoms with Crippen LogP contribution in [0, 0.1) is 0 Å². The largest absolute Gasteiger partial charge is 0.336 e. The molecular weight excluding hydrogens is 416 g/mol. The van der Waals surface area contributed by atoms with E-state index >= 15 is 0 Å². The molecule has 2 aromatic carbocycles. The second-order valence-electron chi connectivity index (χ2n) is 7.93. The van der Waals surface area contributed by atoms with Crippen LogP contribution in [0.15, 0.2) is 48.5 Å². The molecule has 5 nitrogen and oxygen atoms in total. The average molecular weight is 439 g/mol. The normalized spacial score (nSPS) is 18.5. The number of fused-ring (bicyclic) bond motifs is 1. The van der Waals surface area contributed by atoms with Crippen molar-refractivity contribution in [3.63, 3.8) is 0 Å². The standard InChI is InChI=1S/C23H23ClN4OS/c24-19-9-7-16(8-10-19)14-21-25-23(30-26-21)28-12-3-6-20(28)22(29)27-13-11-17-4-1-2-5-18(17)15-27/h1-2,4-5,7-10,20H,3,6,11-15H2. The Morgan fingerprint density at radius 1 is 1.10 bits per heavy atom. The highest BCUT2D eigenvalue weighted by molar-refractivity contribution is 7.09. The highest BCUT2D eigenvalue weighted by Gasteiger charge is 2.36. The predicted molar refractivity (Wildman–Crippen MR) is 120 cm³/mol. The van der Waals surface area contributed by atoms with Crippen molar-refractivity contribution in [2.45, 2.75) is 38.3 Å². The van der Waals surface area contributed by atoms with Gasteiger partial charge in [0.2, 0.25) is 11.0 Å². The van der Waals surface area contributed by atoms with Gasteiger partial charge in [0.15, 0.2) is 0 Å². The Morgan fingerprint density at radius 2 is 1.90 bits per heavy atom. The van der Waals surface area contributed by atoms with E-state index in [2.05, 4.69) is 33.5 Å². The Bertz CT molecular complexity index is 1050. The third-order valence-electron chi connectivity index (χ3n) is 5.96. The van der Waals surface area contributed by atoms with Gasteiger partial charge in [0.25, 0.3) is 0 Å². The molecule has 2 aliphatic rings. The van der Waals surface area contributed by atoms with Gasteiger partial charge in [0, 0.05) is 42.6 Å². The van der Waals surface area contributed by atoms with Crippen LogP contribution in [0.25, 0.3) is 0 Å². The van der Waals surface area contributed by atoms with Crippen LogP contribution in [0.5, 0.6) is 0 Å². The molecule has 0 radical (unpaired) electrons. The first-order valence-corrected chi connectivity index (χ1v) is 11.5. The van der Waals surface area contributed by atoms with Crippen molar-refractivity contribution < 1.29 is 4.79 Å². The van der Waals surface area contributed by atoms with Gasteiger partial charge >= 0.3 is 0 Å². The summed E-state index contributed by atoms with van der Waals surface area (Å²) in [7, 11) is 0. The maximum Gasteiger partial charge on any atom is 0.245 e. The van der Waals surface area contributed by atoms with Crippen LogP contribution in [0.4, 0.5) is 5.13 Å². The van der Waals surface area contributed by atoms with Crippen molar-refractivity contribution in [2.24, 2.45) is 0 Å². The number of halogens is 1. The van der Waals surface area contributed by atoms with Crippen LogP contribution in [0.3, 0.4) is 0 Å². The van der Waals surface area contributed by atoms with Gasteiger partial charge in [0.1, 0.15) is 11.9 Å². The molecule has 154 valence electrons. The minimum absolute atomic E-state index is 0.133. The van der Waals surface area contributed by atoms with Crippen molar-refractivity contribution >= 4 is 34.2 Å². The molecule has 0 spiro atoms. The zero-order chi connectivity index (χ0) is 20.5. The number of benzene rings is 2. The van der Waals surface area contributed by atoms with Gasteiger partial charge in [0.05, 0.1) is 0 Å². The molecule has 0 N–H and O–H groups in total. The van der Waals surface area contributed by atoms with Gasteiger partial charge in [-0.15, -0.1) is 0 Å². The van der Waals surface area contributed by atoms with E-state index in [4.69, 9.17) is 16.6 Å². The van der Waals surface area contributed by atoms with Crippen molar-refractivity contribution in [1.82, 2.24) is 14.3 Å². The van der Waals surface area contributed by atoms with E-state index in [-0.39, 0.29) is 11.9 Å². The van der Waals surface area contributed by atoms with Crippen molar-refractivity contribution in [3.05, 3.63) is 76.1 Å². The Balaban J connectivity index is 1.29. The quantitative estimate of drug-likeness (QED) is 0.608. The van der Waals surface area contributed by atoms with Crippen LogP contribution >= 0.6 is 23.1 Å². The molecule has 1 atom stereocenters. The molecule has 5 rings (SSSR count). The van der Waals surface area contributed by atoms with Gasteiger partial charge in [-0.25, -0.2) is 4.98 Å². The fourth-order valence-electron chi connectivity index (χ4n) is 4.37. The number of hydrogen-bond donors (Lipinski definition) is 0. The Hall–Kier alpha value is -2.44. The molecular formula is C23H23ClN4OS. The van der Waals surface area contributed by atoms with E-state index in [0.717, 1.165) is 53.9 Å². The topological polar surface area (TPSA) is 49.3 Å². The van der Waals surface area contributed by atoms with E-state index in [1.165, 1.54) is 22.7 Å². The number of nitrogens with zero attached hydrogens (tertiary/aromatic N) is 4. The summed E-state index contributed by atoms with van der Waals surface area (Å²) in [6.07, 6.45) is 3.48. The van der Waals surface area contributed by atoms with E-state index in [1.807, 2.05) is 29.2 Å². The molecule has 1 unspecified atom stereocenters. The number of hydrogen-bond acceptors (Lipinski definition) is 5. The summed E-state index contributed by atoms with van der Waals surface area (Å²) in [5.41, 5.74) is 3.76. The van der Waals surface area contributed by atoms with Crippen molar-refractivity contribution in [2.75, 3.05) is 18.0 Å². The van der Waals surface area contributed by atoms with Gasteiger partial charge in [-0.05, 0) is 48.1 Å². The first kappa shape index (κ1) is 19.5. The van der Waals surface area contributed by atoms with E-state index in [9.17, 15) is 4.79 Å². The van der Waals surface area contributed by atoms with Gasteiger partial charge in [-0.1, -0.05) is 48.0 Å². The first-order valence-electron chi connectivity index (χ1n) is 10.4. The Labute approximate surface area is 185 Å². The molecule has 0 bridgehead atoms. The number of amides is 1. The van der Waals surface area contributed by atoms with Crippen LogP contribution in [-0.2, 0) is 24.2 Å². The lowest BCUT2D eigenvalue weighted by Gasteiger charge is -2.33. The Morgan fingerprint density at radius 3 is 2.73 bits per heavy atom. The molecule has 1 aromatic heterocycles. The predicted octanol–water partition coefficient (Wildman–Crippen LogP) is 4.34. The number of carbonyl (C=O) groups excluding carboxylic acids is 1. The summed E-state index contributed by atoms with van der Waals surface area (Å²) < 4.78 is 4.55. The van der Waals surface area contributed by atoms with Crippen molar-refractivity contribution in [1.29, 1.82) is 0 Å². The average Bonchev–Trinajstić information content (AvgIpc) is 3.44. The van der Waals surface area contributed by atoms with Crippen molar-refractivity contribution in [3.8, 4) is 0 Å². The fourth-order valence-corrected chi connectivity index (χ4v) is 5.25. The molecule has 2 aliphatic heterocycles. The number of rotatable bonds is 4. The number of aromatic nitrogens is 2. The third-order valence-corrected chi connectivity index (χ3v) is 7.00. The van der Waals surface area contributed by atoms with Crippen LogP contribution in [-0.4, -0.2) is 39.3 Å². The maximum absolute atomic E-state index is 13.4. The van der Waals surface area contributed by atoms with E-state index in [1.54, 1.807) is 0 Å². The molecule has 3 aromatic rings. The summed E-state index contributed by atoms with van der Waals surface area (Å²) in [6.45, 7) is 2.35. The third kappa shape index (κ3) is 3.94. The second-order valence-corrected chi connectivity index (χ2v) is 9.09. The summed E-state index contributed by atoms with van der Waals surface area (Å²) in [5, 5.41) is 1.58. The van der Waals surface area contributed by atoms with E-state index in [0.29, 0.717) is 13.0 Å². The molecule has 7 heteroatoms. The lowest BCUT2D eigenvalue weighted by atomic mass is 9.99. The zero-order valence-corrected chi connectivity index (χ0v) is 18.2. The maximum atomic E-state index is 13.4.